The molecule has 0 aliphatic carbocycles. The Morgan fingerprint density at radius 1 is 1.33 bits per heavy atom. The highest BCUT2D eigenvalue weighted by Gasteiger charge is 2.29. The first-order valence-corrected chi connectivity index (χ1v) is 5.99. The number of amides is 2. The number of hydrogen-bond acceptors (Lipinski definition) is 4. The van der Waals surface area contributed by atoms with Crippen LogP contribution in [-0.2, 0) is 14.3 Å². The van der Waals surface area contributed by atoms with Gasteiger partial charge in [0.05, 0.1) is 25.7 Å². The van der Waals surface area contributed by atoms with Crippen molar-refractivity contribution in [1.29, 1.82) is 0 Å². The first-order chi connectivity index (χ1) is 8.18. The fourth-order valence-electron chi connectivity index (χ4n) is 1.97. The molecule has 6 nitrogen and oxygen atoms in total. The average Bonchev–Trinajstić information content (AvgIpc) is 2.27. The zero-order valence-electron chi connectivity index (χ0n) is 10.6. The van der Waals surface area contributed by atoms with Crippen LogP contribution in [0.1, 0.15) is 0 Å². The number of likely N-dealkylation sites (N-methyl/N-ethyl adjacent to an activating group) is 1. The highest BCUT2D eigenvalue weighted by atomic mass is 35.5. The molecule has 2 amide bonds. The van der Waals surface area contributed by atoms with E-state index in [4.69, 9.17) is 4.74 Å². The van der Waals surface area contributed by atoms with Crippen LogP contribution in [0.25, 0.3) is 0 Å². The molecular formula is C11H20ClN3O3. The molecule has 2 aliphatic heterocycles. The lowest BCUT2D eigenvalue weighted by Crippen LogP contribution is -2.53. The van der Waals surface area contributed by atoms with Gasteiger partial charge in [0, 0.05) is 33.2 Å². The van der Waals surface area contributed by atoms with Crippen LogP contribution >= 0.6 is 12.4 Å². The van der Waals surface area contributed by atoms with E-state index in [1.807, 2.05) is 0 Å². The Balaban J connectivity index is 0.00000162. The van der Waals surface area contributed by atoms with Crippen molar-refractivity contribution in [2.45, 2.75) is 0 Å². The summed E-state index contributed by atoms with van der Waals surface area (Å²) in [6.07, 6.45) is 0. The average molecular weight is 278 g/mol. The van der Waals surface area contributed by atoms with E-state index in [1.54, 1.807) is 11.9 Å². The second-order valence-electron chi connectivity index (χ2n) is 4.54. The maximum absolute atomic E-state index is 11.9. The van der Waals surface area contributed by atoms with E-state index in [1.165, 1.54) is 4.90 Å². The van der Waals surface area contributed by atoms with Gasteiger partial charge in [-0.05, 0) is 0 Å². The molecule has 7 heteroatoms. The van der Waals surface area contributed by atoms with Gasteiger partial charge in [0.15, 0.2) is 0 Å². The quantitative estimate of drug-likeness (QED) is 0.715. The van der Waals surface area contributed by atoms with Gasteiger partial charge in [-0.2, -0.15) is 0 Å². The van der Waals surface area contributed by atoms with Gasteiger partial charge < -0.3 is 19.9 Å². The van der Waals surface area contributed by atoms with Crippen LogP contribution in [0.5, 0.6) is 0 Å². The second-order valence-corrected chi connectivity index (χ2v) is 4.54. The number of nitrogens with zero attached hydrogens (tertiary/aromatic N) is 2. The molecule has 2 saturated heterocycles. The molecule has 0 atom stereocenters. The van der Waals surface area contributed by atoms with Crippen molar-refractivity contribution < 1.29 is 14.3 Å². The summed E-state index contributed by atoms with van der Waals surface area (Å²) in [5.41, 5.74) is 0. The SMILES string of the molecule is CN(CC(=O)N1CCOCC1)C(=O)C1CNC1.Cl. The van der Waals surface area contributed by atoms with Crippen molar-refractivity contribution >= 4 is 24.2 Å². The van der Waals surface area contributed by atoms with Crippen LogP contribution < -0.4 is 5.32 Å². The largest absolute Gasteiger partial charge is 0.378 e. The van der Waals surface area contributed by atoms with E-state index in [0.29, 0.717) is 26.3 Å². The molecule has 0 aromatic carbocycles. The molecule has 2 fully saturated rings. The fraction of sp³-hybridized carbons (Fsp3) is 0.818. The first kappa shape index (κ1) is 15.2. The topological polar surface area (TPSA) is 61.9 Å². The van der Waals surface area contributed by atoms with E-state index in [-0.39, 0.29) is 36.7 Å². The summed E-state index contributed by atoms with van der Waals surface area (Å²) in [5, 5.41) is 3.05. The molecule has 0 radical (unpaired) electrons. The molecule has 0 aromatic rings. The second kappa shape index (κ2) is 6.92. The van der Waals surface area contributed by atoms with Crippen molar-refractivity contribution in [2.24, 2.45) is 5.92 Å². The Morgan fingerprint density at radius 3 is 2.44 bits per heavy atom. The number of rotatable bonds is 3. The van der Waals surface area contributed by atoms with Crippen LogP contribution in [0.3, 0.4) is 0 Å². The molecule has 0 aromatic heterocycles. The van der Waals surface area contributed by atoms with Gasteiger partial charge in [-0.25, -0.2) is 0 Å². The summed E-state index contributed by atoms with van der Waals surface area (Å²) in [5.74, 6) is 0.124. The number of nitrogens with one attached hydrogen (secondary N) is 1. The maximum Gasteiger partial charge on any atom is 0.242 e. The molecule has 2 rings (SSSR count). The van der Waals surface area contributed by atoms with Crippen molar-refractivity contribution in [3.8, 4) is 0 Å². The Kier molecular flexibility index (Phi) is 5.84. The highest BCUT2D eigenvalue weighted by molar-refractivity contribution is 5.86. The minimum absolute atomic E-state index is 0. The molecule has 0 bridgehead atoms. The molecule has 104 valence electrons. The van der Waals surface area contributed by atoms with Crippen LogP contribution in [0.15, 0.2) is 0 Å². The number of ether oxygens (including phenoxy) is 1. The lowest BCUT2D eigenvalue weighted by atomic mass is 10.0. The third-order valence-electron chi connectivity index (χ3n) is 3.24. The van der Waals surface area contributed by atoms with Crippen LogP contribution in [0.2, 0.25) is 0 Å². The monoisotopic (exact) mass is 277 g/mol. The summed E-state index contributed by atoms with van der Waals surface area (Å²) in [4.78, 5) is 27.0. The van der Waals surface area contributed by atoms with Crippen molar-refractivity contribution in [3.63, 3.8) is 0 Å². The predicted octanol–water partition coefficient (Wildman–Crippen LogP) is -1.06. The van der Waals surface area contributed by atoms with Crippen molar-refractivity contribution in [1.82, 2.24) is 15.1 Å². The van der Waals surface area contributed by atoms with Gasteiger partial charge in [0.25, 0.3) is 0 Å². The molecule has 2 heterocycles. The molecule has 2 aliphatic rings. The third-order valence-corrected chi connectivity index (χ3v) is 3.24. The number of morpholine rings is 1. The zero-order valence-corrected chi connectivity index (χ0v) is 11.4. The number of carbonyl (C=O) groups excluding carboxylic acids is 2. The Morgan fingerprint density at radius 2 is 1.94 bits per heavy atom. The summed E-state index contributed by atoms with van der Waals surface area (Å²) >= 11 is 0. The van der Waals surface area contributed by atoms with Gasteiger partial charge >= 0.3 is 0 Å². The van der Waals surface area contributed by atoms with Crippen LogP contribution in [0, 0.1) is 5.92 Å². The van der Waals surface area contributed by atoms with E-state index in [0.717, 1.165) is 13.1 Å². The summed E-state index contributed by atoms with van der Waals surface area (Å²) in [6, 6.07) is 0. The minimum atomic E-state index is 0. The van der Waals surface area contributed by atoms with Crippen molar-refractivity contribution in [2.75, 3.05) is 53.0 Å². The Hall–Kier alpha value is -0.850. The van der Waals surface area contributed by atoms with E-state index < -0.39 is 0 Å². The predicted molar refractivity (Wildman–Crippen MR) is 68.6 cm³/mol. The minimum Gasteiger partial charge on any atom is -0.378 e. The summed E-state index contributed by atoms with van der Waals surface area (Å²) in [6.45, 7) is 4.09. The standard InChI is InChI=1S/C11H19N3O3.ClH/c1-13(11(16)9-6-12-7-9)8-10(15)14-2-4-17-5-3-14;/h9,12H,2-8H2,1H3;1H. The molecule has 18 heavy (non-hydrogen) atoms. The zero-order chi connectivity index (χ0) is 12.3. The fourth-order valence-corrected chi connectivity index (χ4v) is 1.97. The number of hydrogen-bond donors (Lipinski definition) is 1. The third kappa shape index (κ3) is 3.57. The molecule has 0 spiro atoms. The molecule has 1 N–H and O–H groups in total. The normalized spacial score (nSPS) is 19.7. The first-order valence-electron chi connectivity index (χ1n) is 5.99. The number of halogens is 1. The maximum atomic E-state index is 11.9. The van der Waals surface area contributed by atoms with Gasteiger partial charge in [0.1, 0.15) is 0 Å². The van der Waals surface area contributed by atoms with E-state index in [2.05, 4.69) is 5.32 Å². The van der Waals surface area contributed by atoms with Gasteiger partial charge in [0.2, 0.25) is 11.8 Å². The summed E-state index contributed by atoms with van der Waals surface area (Å²) < 4.78 is 5.18. The molecule has 0 saturated carbocycles. The van der Waals surface area contributed by atoms with Gasteiger partial charge in [-0.3, -0.25) is 9.59 Å². The lowest BCUT2D eigenvalue weighted by Gasteiger charge is -2.32. The summed E-state index contributed by atoms with van der Waals surface area (Å²) in [7, 11) is 1.69. The van der Waals surface area contributed by atoms with Crippen LogP contribution in [-0.4, -0.2) is 74.6 Å². The Bertz CT molecular complexity index is 304. The lowest BCUT2D eigenvalue weighted by molar-refractivity contribution is -0.144. The van der Waals surface area contributed by atoms with Gasteiger partial charge in [-0.15, -0.1) is 12.4 Å². The Labute approximate surface area is 113 Å². The molecule has 0 unspecified atom stereocenters. The van der Waals surface area contributed by atoms with E-state index in [9.17, 15) is 9.59 Å². The van der Waals surface area contributed by atoms with Gasteiger partial charge in [-0.1, -0.05) is 0 Å². The number of carbonyl (C=O) groups is 2. The highest BCUT2D eigenvalue weighted by Crippen LogP contribution is 2.07. The smallest absolute Gasteiger partial charge is 0.242 e. The molecular weight excluding hydrogens is 258 g/mol. The van der Waals surface area contributed by atoms with E-state index >= 15 is 0 Å². The van der Waals surface area contributed by atoms with Crippen LogP contribution in [0.4, 0.5) is 0 Å². The van der Waals surface area contributed by atoms with Crippen molar-refractivity contribution in [3.05, 3.63) is 0 Å².